The number of rotatable bonds is 5. The molecule has 0 radical (unpaired) electrons. The maximum Gasteiger partial charge on any atom is 0.288 e. The molecule has 7 heteroatoms. The van der Waals surface area contributed by atoms with Crippen LogP contribution in [0.25, 0.3) is 5.57 Å². The summed E-state index contributed by atoms with van der Waals surface area (Å²) in [6.07, 6.45) is 0. The van der Waals surface area contributed by atoms with E-state index < -0.39 is 16.7 Å². The van der Waals surface area contributed by atoms with E-state index in [1.165, 1.54) is 19.1 Å². The SMILES string of the molecule is CCO/C(O)=C(\C(C)=O)c1ccc(Br)cc1[N+](=O)[O-]. The minimum Gasteiger partial charge on any atom is -0.480 e. The van der Waals surface area contributed by atoms with Gasteiger partial charge >= 0.3 is 0 Å². The number of carbonyl (C=O) groups excluding carboxylic acids is 1. The van der Waals surface area contributed by atoms with Crippen molar-refractivity contribution in [2.75, 3.05) is 6.61 Å². The molecule has 102 valence electrons. The van der Waals surface area contributed by atoms with E-state index in [0.717, 1.165) is 0 Å². The number of nitrogens with zero attached hydrogens (tertiary/aromatic N) is 1. The summed E-state index contributed by atoms with van der Waals surface area (Å²) < 4.78 is 5.37. The van der Waals surface area contributed by atoms with Crippen LogP contribution in [0.4, 0.5) is 5.69 Å². The Labute approximate surface area is 118 Å². The standard InChI is InChI=1S/C12H12BrNO5/c1-3-19-12(16)11(7(2)15)9-5-4-8(13)6-10(9)14(17)18/h4-6,16H,3H2,1-2H3/b12-11+. The highest BCUT2D eigenvalue weighted by atomic mass is 79.9. The first-order chi connectivity index (χ1) is 8.88. The molecule has 0 aliphatic carbocycles. The lowest BCUT2D eigenvalue weighted by Crippen LogP contribution is -2.06. The normalized spacial score (nSPS) is 11.7. The molecule has 0 aliphatic rings. The average molecular weight is 330 g/mol. The van der Waals surface area contributed by atoms with Crippen molar-refractivity contribution in [2.24, 2.45) is 0 Å². The van der Waals surface area contributed by atoms with E-state index in [1.807, 2.05) is 0 Å². The number of Topliss-reactive ketones (excluding diaryl/α,β-unsaturated/α-hetero) is 1. The van der Waals surface area contributed by atoms with E-state index in [0.29, 0.717) is 4.47 Å². The largest absolute Gasteiger partial charge is 0.480 e. The molecular formula is C12H12BrNO5. The van der Waals surface area contributed by atoms with Crippen LogP contribution >= 0.6 is 15.9 Å². The molecule has 1 N–H and O–H groups in total. The number of halogens is 1. The Hall–Kier alpha value is -1.89. The van der Waals surface area contributed by atoms with Gasteiger partial charge in [-0.3, -0.25) is 14.9 Å². The van der Waals surface area contributed by atoms with Crippen molar-refractivity contribution in [3.05, 3.63) is 44.3 Å². The number of hydrogen-bond donors (Lipinski definition) is 1. The molecule has 1 rings (SSSR count). The fourth-order valence-corrected chi connectivity index (χ4v) is 1.88. The fraction of sp³-hybridized carbons (Fsp3) is 0.250. The number of aliphatic hydroxyl groups is 1. The summed E-state index contributed by atoms with van der Waals surface area (Å²) in [4.78, 5) is 22.0. The summed E-state index contributed by atoms with van der Waals surface area (Å²) in [5.74, 6) is -1.13. The van der Waals surface area contributed by atoms with Gasteiger partial charge in [-0.1, -0.05) is 15.9 Å². The van der Waals surface area contributed by atoms with Gasteiger partial charge in [0.05, 0.1) is 17.1 Å². The van der Waals surface area contributed by atoms with Crippen LogP contribution < -0.4 is 0 Å². The Balaban J connectivity index is 3.52. The lowest BCUT2D eigenvalue weighted by atomic mass is 10.0. The van der Waals surface area contributed by atoms with Gasteiger partial charge in [0.2, 0.25) is 0 Å². The zero-order valence-corrected chi connectivity index (χ0v) is 11.9. The molecule has 0 fully saturated rings. The quantitative estimate of drug-likeness (QED) is 0.387. The number of ketones is 1. The summed E-state index contributed by atoms with van der Waals surface area (Å²) in [5, 5.41) is 20.7. The van der Waals surface area contributed by atoms with Crippen molar-refractivity contribution in [1.29, 1.82) is 0 Å². The number of benzene rings is 1. The highest BCUT2D eigenvalue weighted by molar-refractivity contribution is 9.10. The summed E-state index contributed by atoms with van der Waals surface area (Å²) in [6, 6.07) is 4.19. The molecule has 0 saturated carbocycles. The number of nitro benzene ring substituents is 1. The van der Waals surface area contributed by atoms with E-state index >= 15 is 0 Å². The van der Waals surface area contributed by atoms with Crippen molar-refractivity contribution < 1.29 is 19.6 Å². The van der Waals surface area contributed by atoms with Gasteiger partial charge in [-0.25, -0.2) is 0 Å². The minimum atomic E-state index is -0.623. The number of allylic oxidation sites excluding steroid dienone is 1. The fourth-order valence-electron chi connectivity index (χ4n) is 1.53. The van der Waals surface area contributed by atoms with Gasteiger partial charge in [0, 0.05) is 10.5 Å². The maximum absolute atomic E-state index is 11.6. The molecule has 0 amide bonds. The molecule has 0 bridgehead atoms. The van der Waals surface area contributed by atoms with Crippen LogP contribution in [-0.2, 0) is 9.53 Å². The highest BCUT2D eigenvalue weighted by Crippen LogP contribution is 2.31. The number of hydrogen-bond acceptors (Lipinski definition) is 5. The molecule has 0 atom stereocenters. The van der Waals surface area contributed by atoms with E-state index in [2.05, 4.69) is 15.9 Å². The third kappa shape index (κ3) is 3.54. The second kappa shape index (κ2) is 6.33. The maximum atomic E-state index is 11.6. The van der Waals surface area contributed by atoms with Crippen LogP contribution in [-0.4, -0.2) is 22.4 Å². The Morgan fingerprint density at radius 1 is 1.53 bits per heavy atom. The predicted octanol–water partition coefficient (Wildman–Crippen LogP) is 3.21. The molecule has 0 aromatic heterocycles. The van der Waals surface area contributed by atoms with Gasteiger partial charge in [-0.2, -0.15) is 0 Å². The molecule has 1 aromatic rings. The van der Waals surface area contributed by atoms with Gasteiger partial charge in [-0.15, -0.1) is 0 Å². The van der Waals surface area contributed by atoms with Crippen molar-refractivity contribution in [3.8, 4) is 0 Å². The topological polar surface area (TPSA) is 89.7 Å². The molecule has 6 nitrogen and oxygen atoms in total. The molecule has 0 unspecified atom stereocenters. The van der Waals surface area contributed by atoms with Crippen LogP contribution in [0.15, 0.2) is 28.6 Å². The molecule has 19 heavy (non-hydrogen) atoms. The minimum absolute atomic E-state index is 0.0200. The van der Waals surface area contributed by atoms with Crippen molar-refractivity contribution in [1.82, 2.24) is 0 Å². The van der Waals surface area contributed by atoms with Crippen molar-refractivity contribution >= 4 is 33.0 Å². The lowest BCUT2D eigenvalue weighted by molar-refractivity contribution is -0.385. The molecule has 0 aliphatic heterocycles. The smallest absolute Gasteiger partial charge is 0.288 e. The van der Waals surface area contributed by atoms with Crippen molar-refractivity contribution in [2.45, 2.75) is 13.8 Å². The number of aliphatic hydroxyl groups excluding tert-OH is 1. The first kappa shape index (κ1) is 15.2. The highest BCUT2D eigenvalue weighted by Gasteiger charge is 2.24. The second-order valence-electron chi connectivity index (χ2n) is 3.59. The van der Waals surface area contributed by atoms with Gasteiger partial charge in [0.25, 0.3) is 11.6 Å². The van der Waals surface area contributed by atoms with E-state index in [1.54, 1.807) is 13.0 Å². The van der Waals surface area contributed by atoms with E-state index in [9.17, 15) is 20.0 Å². The first-order valence-electron chi connectivity index (χ1n) is 5.39. The van der Waals surface area contributed by atoms with Crippen LogP contribution in [0.3, 0.4) is 0 Å². The van der Waals surface area contributed by atoms with Crippen LogP contribution in [0.5, 0.6) is 0 Å². The second-order valence-corrected chi connectivity index (χ2v) is 4.50. The number of nitro groups is 1. The molecule has 0 spiro atoms. The Kier molecular flexibility index (Phi) is 5.05. The first-order valence-corrected chi connectivity index (χ1v) is 6.19. The third-order valence-corrected chi connectivity index (χ3v) is 2.77. The Bertz CT molecular complexity index is 553. The van der Waals surface area contributed by atoms with Gasteiger partial charge < -0.3 is 9.84 Å². The van der Waals surface area contributed by atoms with Gasteiger partial charge in [0.15, 0.2) is 5.78 Å². The monoisotopic (exact) mass is 329 g/mol. The zero-order valence-electron chi connectivity index (χ0n) is 10.3. The molecule has 1 aromatic carbocycles. The third-order valence-electron chi connectivity index (χ3n) is 2.27. The summed E-state index contributed by atoms with van der Waals surface area (Å²) in [5.41, 5.74) is -0.474. The number of ether oxygens (including phenoxy) is 1. The Morgan fingerprint density at radius 3 is 2.63 bits per heavy atom. The lowest BCUT2D eigenvalue weighted by Gasteiger charge is -2.09. The van der Waals surface area contributed by atoms with Crippen LogP contribution in [0.2, 0.25) is 0 Å². The van der Waals surface area contributed by atoms with Crippen LogP contribution in [0.1, 0.15) is 19.4 Å². The van der Waals surface area contributed by atoms with E-state index in [-0.39, 0.29) is 23.4 Å². The zero-order chi connectivity index (χ0) is 14.6. The van der Waals surface area contributed by atoms with Crippen LogP contribution in [0, 0.1) is 10.1 Å². The predicted molar refractivity (Wildman–Crippen MR) is 72.7 cm³/mol. The molecule has 0 heterocycles. The number of carbonyl (C=O) groups is 1. The summed E-state index contributed by atoms with van der Waals surface area (Å²) >= 11 is 3.12. The van der Waals surface area contributed by atoms with Gasteiger partial charge in [-0.05, 0) is 26.0 Å². The average Bonchev–Trinajstić information content (AvgIpc) is 2.31. The van der Waals surface area contributed by atoms with Gasteiger partial charge in [0.1, 0.15) is 5.57 Å². The summed E-state index contributed by atoms with van der Waals surface area (Å²) in [7, 11) is 0. The Morgan fingerprint density at radius 2 is 2.16 bits per heavy atom. The molecular weight excluding hydrogens is 318 g/mol. The van der Waals surface area contributed by atoms with E-state index in [4.69, 9.17) is 4.74 Å². The van der Waals surface area contributed by atoms with Crippen molar-refractivity contribution in [3.63, 3.8) is 0 Å². The molecule has 0 saturated heterocycles. The summed E-state index contributed by atoms with van der Waals surface area (Å²) in [6.45, 7) is 2.98.